The van der Waals surface area contributed by atoms with Gasteiger partial charge in [-0.05, 0) is 30.5 Å². The first-order chi connectivity index (χ1) is 9.34. The first-order valence-electron chi connectivity index (χ1n) is 6.94. The summed E-state index contributed by atoms with van der Waals surface area (Å²) < 4.78 is 5.09. The zero-order chi connectivity index (χ0) is 15.2. The molecule has 0 saturated carbocycles. The van der Waals surface area contributed by atoms with Gasteiger partial charge in [0.05, 0.1) is 12.7 Å². The summed E-state index contributed by atoms with van der Waals surface area (Å²) in [6.45, 7) is 6.37. The van der Waals surface area contributed by atoms with Crippen LogP contribution in [0.4, 0.5) is 0 Å². The van der Waals surface area contributed by atoms with Crippen LogP contribution < -0.4 is 5.73 Å². The Bertz CT molecular complexity index is 443. The molecule has 0 aromatic heterocycles. The van der Waals surface area contributed by atoms with Crippen LogP contribution in [0.2, 0.25) is 0 Å². The quantitative estimate of drug-likeness (QED) is 0.751. The maximum atomic E-state index is 10.9. The monoisotopic (exact) mass is 279 g/mol. The first-order valence-corrected chi connectivity index (χ1v) is 6.94. The summed E-state index contributed by atoms with van der Waals surface area (Å²) in [5.41, 5.74) is 7.34. The Kier molecular flexibility index (Phi) is 6.17. The predicted molar refractivity (Wildman–Crippen MR) is 79.2 cm³/mol. The molecule has 1 unspecified atom stereocenters. The maximum absolute atomic E-state index is 10.9. The second-order valence-corrected chi connectivity index (χ2v) is 5.96. The van der Waals surface area contributed by atoms with Crippen LogP contribution in [-0.4, -0.2) is 24.2 Å². The molecule has 1 rings (SSSR count). The van der Waals surface area contributed by atoms with E-state index < -0.39 is 6.10 Å². The van der Waals surface area contributed by atoms with Crippen molar-refractivity contribution >= 4 is 5.97 Å². The fraction of sp³-hybridized carbons (Fsp3) is 0.562. The minimum absolute atomic E-state index is 0.136. The van der Waals surface area contributed by atoms with Gasteiger partial charge in [0, 0.05) is 12.3 Å². The smallest absolute Gasteiger partial charge is 0.302 e. The van der Waals surface area contributed by atoms with Gasteiger partial charge in [0.1, 0.15) is 0 Å². The van der Waals surface area contributed by atoms with E-state index in [9.17, 15) is 9.90 Å². The topological polar surface area (TPSA) is 72.5 Å². The van der Waals surface area contributed by atoms with Crippen LogP contribution in [0.3, 0.4) is 0 Å². The minimum atomic E-state index is -0.517. The van der Waals surface area contributed by atoms with Crippen LogP contribution in [0.25, 0.3) is 0 Å². The number of nitrogens with two attached hydrogens (primary N) is 1. The van der Waals surface area contributed by atoms with E-state index >= 15 is 0 Å². The Hall–Kier alpha value is -1.39. The van der Waals surface area contributed by atoms with Crippen molar-refractivity contribution in [1.82, 2.24) is 0 Å². The molecule has 0 amide bonds. The number of benzene rings is 1. The van der Waals surface area contributed by atoms with Crippen molar-refractivity contribution in [2.24, 2.45) is 11.1 Å². The van der Waals surface area contributed by atoms with Gasteiger partial charge in [0.2, 0.25) is 0 Å². The molecule has 0 aliphatic heterocycles. The van der Waals surface area contributed by atoms with E-state index in [0.29, 0.717) is 19.6 Å². The zero-order valence-corrected chi connectivity index (χ0v) is 12.6. The number of aliphatic hydroxyl groups excluding tert-OH is 1. The number of hydrogen-bond donors (Lipinski definition) is 2. The van der Waals surface area contributed by atoms with Crippen molar-refractivity contribution in [3.8, 4) is 0 Å². The lowest BCUT2D eigenvalue weighted by atomic mass is 9.86. The molecule has 112 valence electrons. The van der Waals surface area contributed by atoms with Crippen molar-refractivity contribution in [2.45, 2.75) is 39.7 Å². The third-order valence-electron chi connectivity index (χ3n) is 3.12. The molecule has 0 aliphatic carbocycles. The predicted octanol–water partition coefficient (Wildman–Crippen LogP) is 2.20. The lowest BCUT2D eigenvalue weighted by Crippen LogP contribution is -2.23. The second kappa shape index (κ2) is 7.41. The van der Waals surface area contributed by atoms with Crippen molar-refractivity contribution in [3.63, 3.8) is 0 Å². The Morgan fingerprint density at radius 3 is 2.75 bits per heavy atom. The molecule has 1 aromatic carbocycles. The third-order valence-corrected chi connectivity index (χ3v) is 3.12. The number of carbonyl (C=O) groups excluding carboxylic acids is 1. The summed E-state index contributed by atoms with van der Waals surface area (Å²) in [4.78, 5) is 10.9. The average molecular weight is 279 g/mol. The SMILES string of the molecule is CC(=O)OCC(C)(C)Cc1cccc(C(O)CCN)c1. The number of carbonyl (C=O) groups is 1. The molecule has 4 heteroatoms. The molecule has 0 radical (unpaired) electrons. The van der Waals surface area contributed by atoms with E-state index in [0.717, 1.165) is 17.5 Å². The fourth-order valence-corrected chi connectivity index (χ4v) is 2.14. The van der Waals surface area contributed by atoms with Crippen molar-refractivity contribution < 1.29 is 14.6 Å². The van der Waals surface area contributed by atoms with Crippen molar-refractivity contribution in [1.29, 1.82) is 0 Å². The average Bonchev–Trinajstić information content (AvgIpc) is 2.37. The molecule has 0 heterocycles. The van der Waals surface area contributed by atoms with Crippen molar-refractivity contribution in [2.75, 3.05) is 13.2 Å². The Morgan fingerprint density at radius 1 is 1.45 bits per heavy atom. The van der Waals surface area contributed by atoms with Gasteiger partial charge in [0.15, 0.2) is 0 Å². The van der Waals surface area contributed by atoms with Crippen LogP contribution in [0.15, 0.2) is 24.3 Å². The molecule has 0 fully saturated rings. The van der Waals surface area contributed by atoms with Gasteiger partial charge < -0.3 is 15.6 Å². The molecule has 4 nitrogen and oxygen atoms in total. The van der Waals surface area contributed by atoms with E-state index in [2.05, 4.69) is 13.8 Å². The molecule has 3 N–H and O–H groups in total. The summed E-state index contributed by atoms with van der Waals surface area (Å²) in [7, 11) is 0. The number of rotatable bonds is 7. The lowest BCUT2D eigenvalue weighted by molar-refractivity contribution is -0.143. The Morgan fingerprint density at radius 2 is 2.15 bits per heavy atom. The molecule has 1 aromatic rings. The highest BCUT2D eigenvalue weighted by Gasteiger charge is 2.20. The molecular formula is C16H25NO3. The summed E-state index contributed by atoms with van der Waals surface area (Å²) in [5.74, 6) is -0.259. The van der Waals surface area contributed by atoms with Gasteiger partial charge >= 0.3 is 5.97 Å². The zero-order valence-electron chi connectivity index (χ0n) is 12.6. The fourth-order valence-electron chi connectivity index (χ4n) is 2.14. The highest BCUT2D eigenvalue weighted by Crippen LogP contribution is 2.25. The van der Waals surface area contributed by atoms with Crippen molar-refractivity contribution in [3.05, 3.63) is 35.4 Å². The second-order valence-electron chi connectivity index (χ2n) is 5.96. The van der Waals surface area contributed by atoms with E-state index in [1.54, 1.807) is 0 Å². The molecular weight excluding hydrogens is 254 g/mol. The molecule has 0 aliphatic rings. The van der Waals surface area contributed by atoms with Gasteiger partial charge in [-0.1, -0.05) is 38.1 Å². The molecule has 1 atom stereocenters. The largest absolute Gasteiger partial charge is 0.465 e. The highest BCUT2D eigenvalue weighted by atomic mass is 16.5. The minimum Gasteiger partial charge on any atom is -0.465 e. The normalized spacial score (nSPS) is 13.1. The number of aliphatic hydroxyl groups is 1. The summed E-state index contributed by atoms with van der Waals surface area (Å²) in [5, 5.41) is 9.97. The third kappa shape index (κ3) is 5.72. The maximum Gasteiger partial charge on any atom is 0.302 e. The van der Waals surface area contributed by atoms with Gasteiger partial charge in [-0.15, -0.1) is 0 Å². The van der Waals surface area contributed by atoms with Crippen LogP contribution in [0.1, 0.15) is 44.4 Å². The van der Waals surface area contributed by atoms with E-state index in [-0.39, 0.29) is 11.4 Å². The summed E-state index contributed by atoms with van der Waals surface area (Å²) in [6.07, 6.45) is 0.820. The number of esters is 1. The number of ether oxygens (including phenoxy) is 1. The Labute approximate surface area is 120 Å². The molecule has 0 spiro atoms. The standard InChI is InChI=1S/C16H25NO3/c1-12(18)20-11-16(2,3)10-13-5-4-6-14(9-13)15(19)7-8-17/h4-6,9,15,19H,7-8,10-11,17H2,1-3H3. The van der Waals surface area contributed by atoms with Crippen LogP contribution >= 0.6 is 0 Å². The highest BCUT2D eigenvalue weighted by molar-refractivity contribution is 5.65. The summed E-state index contributed by atoms with van der Waals surface area (Å²) >= 11 is 0. The van der Waals surface area contributed by atoms with Gasteiger partial charge in [-0.2, -0.15) is 0 Å². The van der Waals surface area contributed by atoms with Crippen LogP contribution in [-0.2, 0) is 16.0 Å². The van der Waals surface area contributed by atoms with E-state index in [4.69, 9.17) is 10.5 Å². The Balaban J connectivity index is 2.72. The van der Waals surface area contributed by atoms with Gasteiger partial charge in [-0.3, -0.25) is 4.79 Å². The van der Waals surface area contributed by atoms with E-state index in [1.807, 2.05) is 24.3 Å². The number of hydrogen-bond acceptors (Lipinski definition) is 4. The van der Waals surface area contributed by atoms with Gasteiger partial charge in [-0.25, -0.2) is 0 Å². The molecule has 0 saturated heterocycles. The first kappa shape index (κ1) is 16.7. The van der Waals surface area contributed by atoms with Crippen LogP contribution in [0.5, 0.6) is 0 Å². The lowest BCUT2D eigenvalue weighted by Gasteiger charge is -2.24. The van der Waals surface area contributed by atoms with Crippen LogP contribution in [0, 0.1) is 5.41 Å². The summed E-state index contributed by atoms with van der Waals surface area (Å²) in [6, 6.07) is 7.86. The molecule has 0 bridgehead atoms. The van der Waals surface area contributed by atoms with Gasteiger partial charge in [0.25, 0.3) is 0 Å². The van der Waals surface area contributed by atoms with E-state index in [1.165, 1.54) is 6.92 Å². The molecule has 20 heavy (non-hydrogen) atoms.